The first-order valence-corrected chi connectivity index (χ1v) is 11.2. The van der Waals surface area contributed by atoms with Gasteiger partial charge in [-0.25, -0.2) is 4.79 Å². The molecule has 0 saturated carbocycles. The van der Waals surface area contributed by atoms with E-state index in [9.17, 15) is 4.79 Å². The lowest BCUT2D eigenvalue weighted by atomic mass is 10.0. The summed E-state index contributed by atoms with van der Waals surface area (Å²) in [5, 5.41) is 3.08. The highest BCUT2D eigenvalue weighted by Gasteiger charge is 2.28. The lowest BCUT2D eigenvalue weighted by Gasteiger charge is -2.38. The minimum absolute atomic E-state index is 0.0477. The van der Waals surface area contributed by atoms with Crippen molar-refractivity contribution in [3.05, 3.63) is 96.1 Å². The highest BCUT2D eigenvalue weighted by atomic mass is 16.5. The maximum absolute atomic E-state index is 13.3. The van der Waals surface area contributed by atoms with Crippen molar-refractivity contribution in [1.29, 1.82) is 0 Å². The van der Waals surface area contributed by atoms with Crippen LogP contribution < -0.4 is 10.1 Å². The van der Waals surface area contributed by atoms with Gasteiger partial charge in [0.05, 0.1) is 7.11 Å². The van der Waals surface area contributed by atoms with Crippen molar-refractivity contribution in [2.45, 2.75) is 32.0 Å². The Kier molecular flexibility index (Phi) is 7.41. The predicted molar refractivity (Wildman–Crippen MR) is 129 cm³/mol. The van der Waals surface area contributed by atoms with Crippen molar-refractivity contribution >= 4 is 11.7 Å². The van der Waals surface area contributed by atoms with Crippen LogP contribution >= 0.6 is 0 Å². The molecule has 1 N–H and O–H groups in total. The summed E-state index contributed by atoms with van der Waals surface area (Å²) < 4.78 is 5.28. The van der Waals surface area contributed by atoms with Gasteiger partial charge in [-0.3, -0.25) is 4.90 Å². The molecule has 3 aromatic carbocycles. The molecule has 1 aliphatic rings. The number of methoxy groups -OCH3 is 1. The monoisotopic (exact) mass is 429 g/mol. The molecule has 0 spiro atoms. The molecule has 0 unspecified atom stereocenters. The van der Waals surface area contributed by atoms with Gasteiger partial charge in [0.2, 0.25) is 0 Å². The molecule has 0 radical (unpaired) electrons. The Hall–Kier alpha value is -3.31. The SMILES string of the molecule is COc1ccc(CN(C(=O)Nc2ccccc2)C2CCN(Cc3ccccc3)CC2)cc1. The van der Waals surface area contributed by atoms with E-state index in [0.29, 0.717) is 6.54 Å². The van der Waals surface area contributed by atoms with Gasteiger partial charge in [-0.2, -0.15) is 0 Å². The highest BCUT2D eigenvalue weighted by Crippen LogP contribution is 2.23. The number of carbonyl (C=O) groups excluding carboxylic acids is 1. The normalized spacial score (nSPS) is 14.7. The number of anilines is 1. The van der Waals surface area contributed by atoms with Crippen LogP contribution in [0.15, 0.2) is 84.9 Å². The van der Waals surface area contributed by atoms with Crippen LogP contribution in [-0.4, -0.2) is 42.1 Å². The number of para-hydroxylation sites is 1. The number of rotatable bonds is 7. The van der Waals surface area contributed by atoms with E-state index in [1.165, 1.54) is 5.56 Å². The van der Waals surface area contributed by atoms with Crippen LogP contribution in [-0.2, 0) is 13.1 Å². The third-order valence-corrected chi connectivity index (χ3v) is 6.04. The van der Waals surface area contributed by atoms with Crippen LogP contribution in [0.25, 0.3) is 0 Å². The van der Waals surface area contributed by atoms with Crippen molar-refractivity contribution in [1.82, 2.24) is 9.80 Å². The Morgan fingerprint density at radius 1 is 0.906 bits per heavy atom. The van der Waals surface area contributed by atoms with Gasteiger partial charge in [0, 0.05) is 37.9 Å². The number of likely N-dealkylation sites (tertiary alicyclic amines) is 1. The zero-order chi connectivity index (χ0) is 22.2. The Bertz CT molecular complexity index is 969. The Morgan fingerprint density at radius 3 is 2.16 bits per heavy atom. The number of hydrogen-bond acceptors (Lipinski definition) is 3. The van der Waals surface area contributed by atoms with Gasteiger partial charge < -0.3 is 15.0 Å². The van der Waals surface area contributed by atoms with Crippen LogP contribution in [0.1, 0.15) is 24.0 Å². The van der Waals surface area contributed by atoms with Crippen LogP contribution in [0.2, 0.25) is 0 Å². The molecule has 4 rings (SSSR count). The molecule has 0 aromatic heterocycles. The van der Waals surface area contributed by atoms with Gasteiger partial charge in [-0.05, 0) is 48.2 Å². The lowest BCUT2D eigenvalue weighted by Crippen LogP contribution is -2.48. The minimum Gasteiger partial charge on any atom is -0.497 e. The molecule has 5 heteroatoms. The van der Waals surface area contributed by atoms with E-state index < -0.39 is 0 Å². The fourth-order valence-corrected chi connectivity index (χ4v) is 4.24. The minimum atomic E-state index is -0.0477. The number of piperidine rings is 1. The number of benzene rings is 3. The first kappa shape index (κ1) is 21.9. The van der Waals surface area contributed by atoms with Crippen LogP contribution in [0.4, 0.5) is 10.5 Å². The lowest BCUT2D eigenvalue weighted by molar-refractivity contribution is 0.120. The molecule has 2 amide bonds. The van der Waals surface area contributed by atoms with Gasteiger partial charge in [0.15, 0.2) is 0 Å². The quantitative estimate of drug-likeness (QED) is 0.547. The molecule has 1 aliphatic heterocycles. The summed E-state index contributed by atoms with van der Waals surface area (Å²) in [4.78, 5) is 17.8. The molecule has 3 aromatic rings. The summed E-state index contributed by atoms with van der Waals surface area (Å²) in [7, 11) is 1.66. The average Bonchev–Trinajstić information content (AvgIpc) is 2.85. The zero-order valence-electron chi connectivity index (χ0n) is 18.6. The van der Waals surface area contributed by atoms with E-state index in [1.54, 1.807) is 7.11 Å². The second kappa shape index (κ2) is 10.8. The number of carbonyl (C=O) groups is 1. The molecule has 1 heterocycles. The second-order valence-corrected chi connectivity index (χ2v) is 8.27. The van der Waals surface area contributed by atoms with Gasteiger partial charge >= 0.3 is 6.03 Å². The van der Waals surface area contributed by atoms with Gasteiger partial charge in [-0.15, -0.1) is 0 Å². The van der Waals surface area contributed by atoms with Crippen LogP contribution in [0, 0.1) is 0 Å². The smallest absolute Gasteiger partial charge is 0.322 e. The topological polar surface area (TPSA) is 44.8 Å². The van der Waals surface area contributed by atoms with E-state index in [4.69, 9.17) is 4.74 Å². The van der Waals surface area contributed by atoms with Gasteiger partial charge in [0.1, 0.15) is 5.75 Å². The molecule has 166 valence electrons. The maximum atomic E-state index is 13.3. The zero-order valence-corrected chi connectivity index (χ0v) is 18.6. The molecule has 0 atom stereocenters. The third kappa shape index (κ3) is 5.89. The Morgan fingerprint density at radius 2 is 1.53 bits per heavy atom. The molecule has 1 fully saturated rings. The molecule has 5 nitrogen and oxygen atoms in total. The van der Waals surface area contributed by atoms with Gasteiger partial charge in [0.25, 0.3) is 0 Å². The van der Waals surface area contributed by atoms with Crippen molar-refractivity contribution in [3.63, 3.8) is 0 Å². The van der Waals surface area contributed by atoms with E-state index in [0.717, 1.165) is 49.5 Å². The van der Waals surface area contributed by atoms with Gasteiger partial charge in [-0.1, -0.05) is 60.7 Å². The number of hydrogen-bond donors (Lipinski definition) is 1. The largest absolute Gasteiger partial charge is 0.497 e. The standard InChI is InChI=1S/C27H31N3O2/c1-32-26-14-12-23(13-15-26)21-30(27(31)28-24-10-6-3-7-11-24)25-16-18-29(19-17-25)20-22-8-4-2-5-9-22/h2-15,25H,16-21H2,1H3,(H,28,31). The van der Waals surface area contributed by atoms with Crippen LogP contribution in [0.3, 0.4) is 0 Å². The van der Waals surface area contributed by atoms with Crippen molar-refractivity contribution in [2.75, 3.05) is 25.5 Å². The third-order valence-electron chi connectivity index (χ3n) is 6.04. The van der Waals surface area contributed by atoms with Crippen molar-refractivity contribution in [2.24, 2.45) is 0 Å². The molecule has 1 saturated heterocycles. The van der Waals surface area contributed by atoms with Crippen molar-refractivity contribution in [3.8, 4) is 5.75 Å². The molecular formula is C27H31N3O2. The summed E-state index contributed by atoms with van der Waals surface area (Å²) in [5.74, 6) is 0.822. The summed E-state index contributed by atoms with van der Waals surface area (Å²) in [6.45, 7) is 3.50. The molecule has 0 aliphatic carbocycles. The predicted octanol–water partition coefficient (Wildman–Crippen LogP) is 5.39. The fourth-order valence-electron chi connectivity index (χ4n) is 4.24. The Labute approximate surface area is 190 Å². The van der Waals surface area contributed by atoms with E-state index in [2.05, 4.69) is 40.5 Å². The Balaban J connectivity index is 1.43. The van der Waals surface area contributed by atoms with E-state index in [-0.39, 0.29) is 12.1 Å². The summed E-state index contributed by atoms with van der Waals surface area (Å²) in [5.41, 5.74) is 3.25. The first-order valence-electron chi connectivity index (χ1n) is 11.2. The number of amides is 2. The average molecular weight is 430 g/mol. The number of urea groups is 1. The molecule has 0 bridgehead atoms. The van der Waals surface area contributed by atoms with Crippen molar-refractivity contribution < 1.29 is 9.53 Å². The summed E-state index contributed by atoms with van der Waals surface area (Å²) in [6, 6.07) is 28.4. The fraction of sp³-hybridized carbons (Fsp3) is 0.296. The summed E-state index contributed by atoms with van der Waals surface area (Å²) in [6.07, 6.45) is 1.93. The molecular weight excluding hydrogens is 398 g/mol. The number of ether oxygens (including phenoxy) is 1. The second-order valence-electron chi connectivity index (χ2n) is 8.27. The first-order chi connectivity index (χ1) is 15.7. The number of nitrogens with one attached hydrogen (secondary N) is 1. The van der Waals surface area contributed by atoms with Crippen LogP contribution in [0.5, 0.6) is 5.75 Å². The maximum Gasteiger partial charge on any atom is 0.322 e. The van der Waals surface area contributed by atoms with E-state index >= 15 is 0 Å². The number of nitrogens with zero attached hydrogens (tertiary/aromatic N) is 2. The summed E-state index contributed by atoms with van der Waals surface area (Å²) >= 11 is 0. The van der Waals surface area contributed by atoms with E-state index in [1.807, 2.05) is 59.5 Å². The molecule has 32 heavy (non-hydrogen) atoms. The highest BCUT2D eigenvalue weighted by molar-refractivity contribution is 5.89.